The van der Waals surface area contributed by atoms with Crippen LogP contribution >= 0.6 is 0 Å². The van der Waals surface area contributed by atoms with E-state index in [9.17, 15) is 13.2 Å². The van der Waals surface area contributed by atoms with Gasteiger partial charge in [0.1, 0.15) is 29.0 Å². The standard InChI is InChI=1S/C23H22F3N7/c24-15-5-3-4-14(12-15)20-19-21(27)33(18-13-16(25)6-7-17(18)26)31-22(19)30-23(29-20)28-8-11-32-9-1-2-10-32/h3-7,12-13H,1-2,8-11,27H2,(H,28,30,31). The maximum atomic E-state index is 14.4. The highest BCUT2D eigenvalue weighted by Gasteiger charge is 2.21. The predicted octanol–water partition coefficient (Wildman–Crippen LogP) is 3.99. The molecule has 1 aliphatic rings. The molecule has 3 heterocycles. The van der Waals surface area contributed by atoms with Crippen molar-refractivity contribution < 1.29 is 13.2 Å². The van der Waals surface area contributed by atoms with E-state index in [-0.39, 0.29) is 17.2 Å². The van der Waals surface area contributed by atoms with E-state index in [1.807, 2.05) is 0 Å². The fourth-order valence-corrected chi connectivity index (χ4v) is 4.10. The third-order valence-electron chi connectivity index (χ3n) is 5.71. The van der Waals surface area contributed by atoms with Crippen molar-refractivity contribution in [2.45, 2.75) is 12.8 Å². The third kappa shape index (κ3) is 4.21. The molecule has 0 amide bonds. The van der Waals surface area contributed by atoms with Gasteiger partial charge in [-0.1, -0.05) is 12.1 Å². The van der Waals surface area contributed by atoms with Gasteiger partial charge in [0.2, 0.25) is 5.95 Å². The van der Waals surface area contributed by atoms with Crippen LogP contribution in [0.3, 0.4) is 0 Å². The molecule has 2 aromatic carbocycles. The molecule has 0 bridgehead atoms. The van der Waals surface area contributed by atoms with Crippen LogP contribution in [0, 0.1) is 17.5 Å². The van der Waals surface area contributed by atoms with Crippen LogP contribution < -0.4 is 11.1 Å². The predicted molar refractivity (Wildman–Crippen MR) is 121 cm³/mol. The number of benzene rings is 2. The first-order valence-corrected chi connectivity index (χ1v) is 10.7. The molecule has 33 heavy (non-hydrogen) atoms. The first kappa shape index (κ1) is 21.2. The van der Waals surface area contributed by atoms with Crippen LogP contribution in [-0.2, 0) is 0 Å². The van der Waals surface area contributed by atoms with Gasteiger partial charge in [-0.05, 0) is 50.2 Å². The van der Waals surface area contributed by atoms with Crippen LogP contribution in [0.4, 0.5) is 24.9 Å². The topological polar surface area (TPSA) is 84.9 Å². The second kappa shape index (κ2) is 8.70. The first-order valence-electron chi connectivity index (χ1n) is 10.7. The van der Waals surface area contributed by atoms with Crippen LogP contribution in [0.5, 0.6) is 0 Å². The molecule has 4 aromatic rings. The second-order valence-corrected chi connectivity index (χ2v) is 7.97. The van der Waals surface area contributed by atoms with Crippen LogP contribution in [-0.4, -0.2) is 50.8 Å². The summed E-state index contributed by atoms with van der Waals surface area (Å²) in [5.41, 5.74) is 7.16. The molecule has 170 valence electrons. The normalized spacial score (nSPS) is 14.3. The summed E-state index contributed by atoms with van der Waals surface area (Å²) in [7, 11) is 0. The van der Waals surface area contributed by atoms with Gasteiger partial charge in [-0.2, -0.15) is 4.98 Å². The molecule has 0 atom stereocenters. The molecule has 3 N–H and O–H groups in total. The number of rotatable bonds is 6. The lowest BCUT2D eigenvalue weighted by atomic mass is 10.1. The maximum absolute atomic E-state index is 14.4. The highest BCUT2D eigenvalue weighted by molar-refractivity contribution is 5.99. The highest BCUT2D eigenvalue weighted by atomic mass is 19.1. The quantitative estimate of drug-likeness (QED) is 0.459. The number of nitrogen functional groups attached to an aromatic ring is 1. The minimum absolute atomic E-state index is 0.0253. The molecule has 10 heteroatoms. The van der Waals surface area contributed by atoms with Crippen molar-refractivity contribution in [2.75, 3.05) is 37.2 Å². The van der Waals surface area contributed by atoms with Crippen molar-refractivity contribution in [3.63, 3.8) is 0 Å². The molecule has 2 aromatic heterocycles. The number of nitrogens with one attached hydrogen (secondary N) is 1. The molecule has 0 spiro atoms. The molecular formula is C23H22F3N7. The molecule has 1 aliphatic heterocycles. The van der Waals surface area contributed by atoms with Gasteiger partial charge in [0, 0.05) is 24.7 Å². The minimum Gasteiger partial charge on any atom is -0.383 e. The highest BCUT2D eigenvalue weighted by Crippen LogP contribution is 2.33. The van der Waals surface area contributed by atoms with E-state index in [4.69, 9.17) is 5.73 Å². The zero-order chi connectivity index (χ0) is 22.9. The maximum Gasteiger partial charge on any atom is 0.225 e. The Hall–Kier alpha value is -3.66. The lowest BCUT2D eigenvalue weighted by Gasteiger charge is -2.15. The average Bonchev–Trinajstić information content (AvgIpc) is 3.43. The van der Waals surface area contributed by atoms with E-state index in [0.717, 1.165) is 42.5 Å². The molecule has 0 radical (unpaired) electrons. The monoisotopic (exact) mass is 453 g/mol. The number of fused-ring (bicyclic) bond motifs is 1. The van der Waals surface area contributed by atoms with Crippen molar-refractivity contribution in [3.05, 3.63) is 59.9 Å². The lowest BCUT2D eigenvalue weighted by molar-refractivity contribution is 0.352. The van der Waals surface area contributed by atoms with Crippen LogP contribution in [0.2, 0.25) is 0 Å². The molecule has 1 saturated heterocycles. The van der Waals surface area contributed by atoms with Crippen molar-refractivity contribution in [3.8, 4) is 16.9 Å². The average molecular weight is 453 g/mol. The summed E-state index contributed by atoms with van der Waals surface area (Å²) in [6.07, 6.45) is 2.39. The van der Waals surface area contributed by atoms with Gasteiger partial charge in [0.25, 0.3) is 0 Å². The second-order valence-electron chi connectivity index (χ2n) is 7.97. The zero-order valence-electron chi connectivity index (χ0n) is 17.7. The molecule has 1 fully saturated rings. The lowest BCUT2D eigenvalue weighted by Crippen LogP contribution is -2.26. The van der Waals surface area contributed by atoms with E-state index in [2.05, 4.69) is 25.3 Å². The Labute approximate surface area is 188 Å². The molecule has 0 unspecified atom stereocenters. The summed E-state index contributed by atoms with van der Waals surface area (Å²) in [4.78, 5) is 11.4. The molecule has 7 nitrogen and oxygen atoms in total. The van der Waals surface area contributed by atoms with Crippen molar-refractivity contribution in [1.82, 2.24) is 24.6 Å². The summed E-state index contributed by atoms with van der Waals surface area (Å²) in [5, 5.41) is 7.85. The van der Waals surface area contributed by atoms with Crippen LogP contribution in [0.15, 0.2) is 42.5 Å². The van der Waals surface area contributed by atoms with E-state index in [1.165, 1.54) is 25.0 Å². The van der Waals surface area contributed by atoms with Crippen molar-refractivity contribution in [1.29, 1.82) is 0 Å². The Bertz CT molecular complexity index is 1320. The van der Waals surface area contributed by atoms with Gasteiger partial charge in [-0.25, -0.2) is 22.8 Å². The van der Waals surface area contributed by atoms with E-state index >= 15 is 0 Å². The summed E-state index contributed by atoms with van der Waals surface area (Å²) >= 11 is 0. The summed E-state index contributed by atoms with van der Waals surface area (Å²) in [5.74, 6) is -1.45. The van der Waals surface area contributed by atoms with Gasteiger partial charge >= 0.3 is 0 Å². The number of nitrogens with zero attached hydrogens (tertiary/aromatic N) is 5. The van der Waals surface area contributed by atoms with Gasteiger partial charge in [-0.15, -0.1) is 5.10 Å². The van der Waals surface area contributed by atoms with Crippen molar-refractivity contribution in [2.24, 2.45) is 0 Å². The molecule has 5 rings (SSSR count). The Morgan fingerprint density at radius 2 is 1.76 bits per heavy atom. The number of halogens is 3. The summed E-state index contributed by atoms with van der Waals surface area (Å²) in [6.45, 7) is 3.58. The fourth-order valence-electron chi connectivity index (χ4n) is 4.10. The molecule has 0 saturated carbocycles. The third-order valence-corrected chi connectivity index (χ3v) is 5.71. The zero-order valence-corrected chi connectivity index (χ0v) is 17.7. The van der Waals surface area contributed by atoms with Gasteiger partial charge in [0.05, 0.1) is 11.1 Å². The van der Waals surface area contributed by atoms with Crippen molar-refractivity contribution >= 4 is 22.8 Å². The van der Waals surface area contributed by atoms with E-state index in [1.54, 1.807) is 12.1 Å². The Balaban J connectivity index is 1.60. The largest absolute Gasteiger partial charge is 0.383 e. The summed E-state index contributed by atoms with van der Waals surface area (Å²) < 4.78 is 43.3. The number of aromatic nitrogens is 4. The van der Waals surface area contributed by atoms with Gasteiger partial charge in [0.15, 0.2) is 5.65 Å². The number of nitrogens with two attached hydrogens (primary N) is 1. The van der Waals surface area contributed by atoms with Gasteiger partial charge < -0.3 is 16.0 Å². The SMILES string of the molecule is Nc1c2c(-c3cccc(F)c3)nc(NCCN3CCCC3)nc2nn1-c1cc(F)ccc1F. The number of hydrogen-bond donors (Lipinski definition) is 2. The van der Waals surface area contributed by atoms with E-state index in [0.29, 0.717) is 29.1 Å². The van der Waals surface area contributed by atoms with Gasteiger partial charge in [-0.3, -0.25) is 0 Å². The number of anilines is 2. The van der Waals surface area contributed by atoms with Crippen LogP contribution in [0.1, 0.15) is 12.8 Å². The Kier molecular flexibility index (Phi) is 5.59. The number of hydrogen-bond acceptors (Lipinski definition) is 6. The van der Waals surface area contributed by atoms with E-state index < -0.39 is 17.5 Å². The molecule has 0 aliphatic carbocycles. The first-order chi connectivity index (χ1) is 16.0. The number of likely N-dealkylation sites (tertiary alicyclic amines) is 1. The van der Waals surface area contributed by atoms with Crippen LogP contribution in [0.25, 0.3) is 28.0 Å². The molecular weight excluding hydrogens is 431 g/mol. The summed E-state index contributed by atoms with van der Waals surface area (Å²) in [6, 6.07) is 8.92. The smallest absolute Gasteiger partial charge is 0.225 e. The minimum atomic E-state index is -0.694. The Morgan fingerprint density at radius 1 is 0.970 bits per heavy atom. The fraction of sp³-hybridized carbons (Fsp3) is 0.261. The Morgan fingerprint density at radius 3 is 2.55 bits per heavy atom.